The molecule has 1 N–H and O–H groups in total. The summed E-state index contributed by atoms with van der Waals surface area (Å²) in [5.41, 5.74) is 0.288. The molecular weight excluding hydrogens is 367 g/mol. The first-order valence-corrected chi connectivity index (χ1v) is 8.36. The number of alkyl halides is 3. The number of anilines is 1. The number of likely N-dealkylation sites (tertiary alicyclic amines) is 1. The normalized spacial score (nSPS) is 20.3. The fourth-order valence-corrected chi connectivity index (χ4v) is 2.97. The monoisotopic (exact) mass is 385 g/mol. The second-order valence-corrected chi connectivity index (χ2v) is 6.59. The summed E-state index contributed by atoms with van der Waals surface area (Å²) in [6.45, 7) is -0.136. The number of likely N-dealkylation sites (N-methyl/N-ethyl adjacent to an activating group) is 1. The number of rotatable bonds is 6. The zero-order valence-corrected chi connectivity index (χ0v) is 14.5. The third-order valence-corrected chi connectivity index (χ3v) is 4.37. The molecule has 1 saturated heterocycles. The van der Waals surface area contributed by atoms with Gasteiger partial charge in [0.25, 0.3) is 0 Å². The molecule has 0 radical (unpaired) electrons. The average molecular weight is 385 g/mol. The zero-order chi connectivity index (χ0) is 19.8. The molecule has 146 valence electrons. The van der Waals surface area contributed by atoms with E-state index in [0.717, 1.165) is 25.0 Å². The number of hydrogen-bond acceptors (Lipinski definition) is 5. The van der Waals surface area contributed by atoms with E-state index in [0.29, 0.717) is 0 Å². The van der Waals surface area contributed by atoms with Crippen molar-refractivity contribution in [3.05, 3.63) is 24.3 Å². The fourth-order valence-electron chi connectivity index (χ4n) is 2.97. The van der Waals surface area contributed by atoms with Crippen molar-refractivity contribution >= 4 is 23.4 Å². The Morgan fingerprint density at radius 3 is 2.44 bits per heavy atom. The average Bonchev–Trinajstić information content (AvgIpc) is 3.33. The SMILES string of the molecule is CN(CC(=O)Nc1ccc(OC(F)(F)F)cc1)[C@@H]1CC(=O)N(C2CC2)C1=O. The van der Waals surface area contributed by atoms with Gasteiger partial charge in [0.05, 0.1) is 19.0 Å². The van der Waals surface area contributed by atoms with Gasteiger partial charge in [-0.25, -0.2) is 0 Å². The molecule has 0 spiro atoms. The molecule has 1 aliphatic heterocycles. The minimum Gasteiger partial charge on any atom is -0.406 e. The van der Waals surface area contributed by atoms with Gasteiger partial charge in [-0.3, -0.25) is 24.2 Å². The van der Waals surface area contributed by atoms with Crippen LogP contribution in [0.2, 0.25) is 0 Å². The lowest BCUT2D eigenvalue weighted by molar-refractivity contribution is -0.274. The number of benzene rings is 1. The Morgan fingerprint density at radius 1 is 1.26 bits per heavy atom. The third-order valence-electron chi connectivity index (χ3n) is 4.37. The molecule has 27 heavy (non-hydrogen) atoms. The molecule has 7 nitrogen and oxygen atoms in total. The van der Waals surface area contributed by atoms with Crippen LogP contribution in [0.3, 0.4) is 0 Å². The maximum Gasteiger partial charge on any atom is 0.573 e. The van der Waals surface area contributed by atoms with E-state index in [1.165, 1.54) is 21.9 Å². The first kappa shape index (κ1) is 19.2. The molecule has 3 rings (SSSR count). The van der Waals surface area contributed by atoms with E-state index in [2.05, 4.69) is 10.1 Å². The standard InChI is InChI=1S/C17H18F3N3O4/c1-22(13-8-15(25)23(16(13)26)11-4-5-11)9-14(24)21-10-2-6-12(7-3-10)27-17(18,19)20/h2-3,6-7,11,13H,4-5,8-9H2,1H3,(H,21,24)/t13-/m1/s1. The molecule has 2 aliphatic rings. The Morgan fingerprint density at radius 2 is 1.89 bits per heavy atom. The topological polar surface area (TPSA) is 79.0 Å². The van der Waals surface area contributed by atoms with E-state index < -0.39 is 24.1 Å². The third kappa shape index (κ3) is 4.76. The Balaban J connectivity index is 1.53. The lowest BCUT2D eigenvalue weighted by Crippen LogP contribution is -2.43. The molecule has 0 bridgehead atoms. The number of imide groups is 1. The molecule has 1 saturated carbocycles. The summed E-state index contributed by atoms with van der Waals surface area (Å²) in [4.78, 5) is 39.3. The first-order valence-electron chi connectivity index (χ1n) is 8.36. The molecule has 3 amide bonds. The molecule has 1 aliphatic carbocycles. The van der Waals surface area contributed by atoms with Gasteiger partial charge in [-0.15, -0.1) is 13.2 Å². The molecule has 2 fully saturated rings. The number of nitrogens with one attached hydrogen (secondary N) is 1. The summed E-state index contributed by atoms with van der Waals surface area (Å²) in [6.07, 6.45) is -3.10. The molecule has 0 unspecified atom stereocenters. The van der Waals surface area contributed by atoms with Crippen LogP contribution in [0.4, 0.5) is 18.9 Å². The van der Waals surface area contributed by atoms with Crippen molar-refractivity contribution in [2.75, 3.05) is 18.9 Å². The highest BCUT2D eigenvalue weighted by molar-refractivity contribution is 6.06. The molecule has 1 aromatic rings. The van der Waals surface area contributed by atoms with Crippen LogP contribution < -0.4 is 10.1 Å². The van der Waals surface area contributed by atoms with Gasteiger partial charge < -0.3 is 10.1 Å². The number of hydrogen-bond donors (Lipinski definition) is 1. The molecule has 1 heterocycles. The Kier molecular flexibility index (Phi) is 5.09. The van der Waals surface area contributed by atoms with E-state index >= 15 is 0 Å². The largest absolute Gasteiger partial charge is 0.573 e. The highest BCUT2D eigenvalue weighted by atomic mass is 19.4. The number of carbonyl (C=O) groups excluding carboxylic acids is 3. The van der Waals surface area contributed by atoms with Crippen molar-refractivity contribution in [3.8, 4) is 5.75 Å². The summed E-state index contributed by atoms with van der Waals surface area (Å²) in [7, 11) is 1.58. The van der Waals surface area contributed by atoms with Crippen LogP contribution in [0.5, 0.6) is 5.75 Å². The van der Waals surface area contributed by atoms with E-state index in [1.54, 1.807) is 7.05 Å². The lowest BCUT2D eigenvalue weighted by Gasteiger charge is -2.22. The van der Waals surface area contributed by atoms with Crippen molar-refractivity contribution in [2.45, 2.75) is 37.7 Å². The number of nitrogens with zero attached hydrogens (tertiary/aromatic N) is 2. The van der Waals surface area contributed by atoms with Crippen molar-refractivity contribution in [2.24, 2.45) is 0 Å². The maximum atomic E-state index is 12.4. The van der Waals surface area contributed by atoms with Crippen molar-refractivity contribution in [1.82, 2.24) is 9.80 Å². The van der Waals surface area contributed by atoms with Crippen LogP contribution in [0.1, 0.15) is 19.3 Å². The minimum atomic E-state index is -4.78. The Hall–Kier alpha value is -2.62. The predicted octanol–water partition coefficient (Wildman–Crippen LogP) is 1.75. The van der Waals surface area contributed by atoms with E-state index in [-0.39, 0.29) is 36.5 Å². The van der Waals surface area contributed by atoms with Crippen LogP contribution in [0.15, 0.2) is 24.3 Å². The second-order valence-electron chi connectivity index (χ2n) is 6.59. The Bertz CT molecular complexity index is 747. The number of carbonyl (C=O) groups is 3. The predicted molar refractivity (Wildman–Crippen MR) is 87.7 cm³/mol. The van der Waals surface area contributed by atoms with Gasteiger partial charge in [0.2, 0.25) is 17.7 Å². The van der Waals surface area contributed by atoms with Crippen LogP contribution >= 0.6 is 0 Å². The summed E-state index contributed by atoms with van der Waals surface area (Å²) >= 11 is 0. The van der Waals surface area contributed by atoms with Gasteiger partial charge >= 0.3 is 6.36 Å². The van der Waals surface area contributed by atoms with Gasteiger partial charge in [0.1, 0.15) is 5.75 Å². The highest BCUT2D eigenvalue weighted by Crippen LogP contribution is 2.32. The molecule has 1 aromatic carbocycles. The quantitative estimate of drug-likeness (QED) is 0.755. The molecule has 10 heteroatoms. The summed E-state index contributed by atoms with van der Waals surface area (Å²) in [5.74, 6) is -1.36. The van der Waals surface area contributed by atoms with Crippen molar-refractivity contribution in [1.29, 1.82) is 0 Å². The zero-order valence-electron chi connectivity index (χ0n) is 14.5. The number of amides is 3. The van der Waals surface area contributed by atoms with E-state index in [9.17, 15) is 27.6 Å². The summed E-state index contributed by atoms with van der Waals surface area (Å²) < 4.78 is 40.1. The van der Waals surface area contributed by atoms with Crippen LogP contribution in [-0.4, -0.2) is 59.6 Å². The lowest BCUT2D eigenvalue weighted by atomic mass is 10.2. The summed E-state index contributed by atoms with van der Waals surface area (Å²) in [5, 5.41) is 2.53. The van der Waals surface area contributed by atoms with Crippen molar-refractivity contribution in [3.63, 3.8) is 0 Å². The first-order chi connectivity index (χ1) is 12.6. The van der Waals surface area contributed by atoms with Crippen LogP contribution in [-0.2, 0) is 14.4 Å². The van der Waals surface area contributed by atoms with Gasteiger partial charge in [-0.05, 0) is 44.2 Å². The van der Waals surface area contributed by atoms with Gasteiger partial charge in [0.15, 0.2) is 0 Å². The van der Waals surface area contributed by atoms with Crippen LogP contribution in [0, 0.1) is 0 Å². The number of ether oxygens (including phenoxy) is 1. The molecule has 0 aromatic heterocycles. The van der Waals surface area contributed by atoms with Gasteiger partial charge in [-0.1, -0.05) is 0 Å². The smallest absolute Gasteiger partial charge is 0.406 e. The minimum absolute atomic E-state index is 0.00495. The maximum absolute atomic E-state index is 12.4. The van der Waals surface area contributed by atoms with Gasteiger partial charge in [-0.2, -0.15) is 0 Å². The second kappa shape index (κ2) is 7.18. The molecular formula is C17H18F3N3O4. The van der Waals surface area contributed by atoms with Crippen molar-refractivity contribution < 1.29 is 32.3 Å². The van der Waals surface area contributed by atoms with E-state index in [1.807, 2.05) is 0 Å². The Labute approximate surface area is 153 Å². The number of halogens is 3. The summed E-state index contributed by atoms with van der Waals surface area (Å²) in [6, 6.07) is 4.04. The molecule has 1 atom stereocenters. The fraction of sp³-hybridized carbons (Fsp3) is 0.471. The van der Waals surface area contributed by atoms with Gasteiger partial charge in [0, 0.05) is 11.7 Å². The van der Waals surface area contributed by atoms with Crippen LogP contribution in [0.25, 0.3) is 0 Å². The van der Waals surface area contributed by atoms with E-state index in [4.69, 9.17) is 0 Å². The highest BCUT2D eigenvalue weighted by Gasteiger charge is 2.47.